The number of carboxylic acid groups (broad SMARTS) is 1. The van der Waals surface area contributed by atoms with E-state index < -0.39 is 5.97 Å². The molecule has 1 amide bonds. The number of carbonyl (C=O) groups excluding carboxylic acids is 1. The van der Waals surface area contributed by atoms with Crippen molar-refractivity contribution < 1.29 is 43.1 Å². The normalized spacial score (nSPS) is 10.3. The van der Waals surface area contributed by atoms with Crippen LogP contribution < -0.4 is 39.5 Å². The van der Waals surface area contributed by atoms with Crippen LogP contribution in [0.1, 0.15) is 21.0 Å². The maximum Gasteiger partial charge on any atom is 0.354 e. The Labute approximate surface area is 309 Å². The van der Waals surface area contributed by atoms with Crippen molar-refractivity contribution in [3.05, 3.63) is 93.7 Å². The molecule has 0 bridgehead atoms. The van der Waals surface area contributed by atoms with E-state index >= 15 is 0 Å². The van der Waals surface area contributed by atoms with E-state index in [0.29, 0.717) is 62.9 Å². The van der Waals surface area contributed by atoms with Crippen molar-refractivity contribution in [2.45, 2.75) is 0 Å². The van der Waals surface area contributed by atoms with E-state index in [1.165, 1.54) is 38.1 Å². The number of pyridine rings is 2. The molecule has 268 valence electrons. The van der Waals surface area contributed by atoms with Gasteiger partial charge in [-0.15, -0.1) is 0 Å². The molecule has 0 aliphatic heterocycles. The fourth-order valence-electron chi connectivity index (χ4n) is 4.69. The Morgan fingerprint density at radius 2 is 1.08 bits per heavy atom. The lowest BCUT2D eigenvalue weighted by Gasteiger charge is -2.14. The van der Waals surface area contributed by atoms with E-state index in [1.54, 1.807) is 68.5 Å². The minimum atomic E-state index is -0.981. The van der Waals surface area contributed by atoms with Crippen LogP contribution in [0.3, 0.4) is 0 Å². The van der Waals surface area contributed by atoms with Gasteiger partial charge in [0.2, 0.25) is 11.5 Å². The van der Waals surface area contributed by atoms with Gasteiger partial charge in [0.15, 0.2) is 28.7 Å². The molecule has 51 heavy (non-hydrogen) atoms. The molecule has 0 saturated carbocycles. The van der Waals surface area contributed by atoms with Gasteiger partial charge in [0, 0.05) is 57.0 Å². The molecule has 2 aromatic carbocycles. The van der Waals surface area contributed by atoms with Gasteiger partial charge in [0.05, 0.1) is 55.1 Å². The van der Waals surface area contributed by atoms with Crippen molar-refractivity contribution in [3.63, 3.8) is 0 Å². The summed E-state index contributed by atoms with van der Waals surface area (Å²) in [4.78, 5) is 31.5. The topological polar surface area (TPSA) is 182 Å². The van der Waals surface area contributed by atoms with Crippen LogP contribution >= 0.6 is 31.9 Å². The zero-order chi connectivity index (χ0) is 37.2. The monoisotopic (exact) mass is 828 g/mol. The number of aromatic carboxylic acids is 1. The minimum Gasteiger partial charge on any atom is -0.493 e. The number of nitrogens with two attached hydrogens (primary N) is 1. The van der Waals surface area contributed by atoms with Crippen molar-refractivity contribution in [3.8, 4) is 34.5 Å². The largest absolute Gasteiger partial charge is 0.493 e. The average Bonchev–Trinajstić information content (AvgIpc) is 3.75. The van der Waals surface area contributed by atoms with Gasteiger partial charge in [-0.25, -0.2) is 14.8 Å². The number of nitrogen functional groups attached to an aromatic ring is 1. The number of amides is 1. The number of fused-ring (bicyclic) bond motifs is 2. The number of methoxy groups -OCH3 is 6. The van der Waals surface area contributed by atoms with Gasteiger partial charge in [-0.1, -0.05) is 0 Å². The number of nitrogens with one attached hydrogen (secondary N) is 1. The zero-order valence-electron chi connectivity index (χ0n) is 28.3. The standard InChI is InChI=1S/C17H16BrN3O4.C9H13NO3.C8H5BrN2O2/c1-23-13-6-11(7-14(24-2)16(13)25-3)20-17(22)12-8-19-15-5-4-10(18)9-21(12)15;1-11-7-4-6(10)5-8(12-2)9(7)13-3;9-5-1-2-7-10-3-6(8(12)13)11(7)4-5/h4-9H,1-3H3,(H,20,22);4-5H,10H2,1-3H3;1-4H,(H,12,13). The number of hydrogen-bond donors (Lipinski definition) is 3. The third-order valence-corrected chi connectivity index (χ3v) is 7.94. The summed E-state index contributed by atoms with van der Waals surface area (Å²) in [5.41, 5.74) is 8.59. The van der Waals surface area contributed by atoms with Gasteiger partial charge in [0.1, 0.15) is 17.0 Å². The van der Waals surface area contributed by atoms with Gasteiger partial charge >= 0.3 is 5.97 Å². The van der Waals surface area contributed by atoms with Crippen molar-refractivity contribution in [2.24, 2.45) is 0 Å². The Kier molecular flexibility index (Phi) is 12.9. The van der Waals surface area contributed by atoms with E-state index in [-0.39, 0.29) is 11.6 Å². The lowest BCUT2D eigenvalue weighted by atomic mass is 10.2. The highest BCUT2D eigenvalue weighted by Gasteiger charge is 2.17. The number of ether oxygens (including phenoxy) is 6. The summed E-state index contributed by atoms with van der Waals surface area (Å²) in [6.07, 6.45) is 6.32. The van der Waals surface area contributed by atoms with Gasteiger partial charge in [0.25, 0.3) is 5.91 Å². The van der Waals surface area contributed by atoms with Gasteiger partial charge in [-0.3, -0.25) is 13.6 Å². The fourth-order valence-corrected chi connectivity index (χ4v) is 5.36. The number of halogens is 2. The van der Waals surface area contributed by atoms with Crippen molar-refractivity contribution >= 4 is 66.4 Å². The van der Waals surface area contributed by atoms with Crippen LogP contribution in [0.25, 0.3) is 11.3 Å². The van der Waals surface area contributed by atoms with Crippen molar-refractivity contribution in [2.75, 3.05) is 53.7 Å². The highest BCUT2D eigenvalue weighted by Crippen LogP contribution is 2.40. The SMILES string of the molecule is COc1cc(N)cc(OC)c1OC.COc1cc(NC(=O)c2cnc3ccc(Br)cn23)cc(OC)c1OC.O=C(O)c1cnc2ccc(Br)cn12. The average molecular weight is 830 g/mol. The summed E-state index contributed by atoms with van der Waals surface area (Å²) in [6.45, 7) is 0. The second-order valence-corrected chi connectivity index (χ2v) is 11.9. The quantitative estimate of drug-likeness (QED) is 0.135. The predicted octanol–water partition coefficient (Wildman–Crippen LogP) is 6.46. The Morgan fingerprint density at radius 1 is 0.667 bits per heavy atom. The first kappa shape index (κ1) is 38.1. The molecule has 4 aromatic heterocycles. The summed E-state index contributed by atoms with van der Waals surface area (Å²) in [5.74, 6) is 1.78. The summed E-state index contributed by atoms with van der Waals surface area (Å²) >= 11 is 6.65. The molecule has 0 spiro atoms. The number of carboxylic acids is 1. The molecular formula is C34H34Br2N6O9. The number of hydrogen-bond acceptors (Lipinski definition) is 11. The van der Waals surface area contributed by atoms with Crippen LogP contribution in [0.5, 0.6) is 34.5 Å². The van der Waals surface area contributed by atoms with Crippen LogP contribution in [-0.2, 0) is 0 Å². The molecule has 15 nitrogen and oxygen atoms in total. The van der Waals surface area contributed by atoms with E-state index in [9.17, 15) is 9.59 Å². The molecule has 17 heteroatoms. The molecule has 4 N–H and O–H groups in total. The van der Waals surface area contributed by atoms with Crippen LogP contribution in [0, 0.1) is 0 Å². The number of imidazole rings is 2. The molecule has 0 aliphatic rings. The smallest absolute Gasteiger partial charge is 0.354 e. The third-order valence-electron chi connectivity index (χ3n) is 7.00. The first-order valence-electron chi connectivity index (χ1n) is 14.6. The number of rotatable bonds is 9. The van der Waals surface area contributed by atoms with Crippen LogP contribution in [0.2, 0.25) is 0 Å². The summed E-state index contributed by atoms with van der Waals surface area (Å²) < 4.78 is 36.0. The van der Waals surface area contributed by atoms with E-state index in [2.05, 4.69) is 47.1 Å². The van der Waals surface area contributed by atoms with Gasteiger partial charge in [-0.05, 0) is 56.1 Å². The maximum absolute atomic E-state index is 12.7. The number of benzene rings is 2. The first-order chi connectivity index (χ1) is 24.5. The number of nitrogens with zero attached hydrogens (tertiary/aromatic N) is 4. The number of carbonyl (C=O) groups is 2. The molecular weight excluding hydrogens is 796 g/mol. The lowest BCUT2D eigenvalue weighted by molar-refractivity contribution is 0.0689. The summed E-state index contributed by atoms with van der Waals surface area (Å²) in [6, 6.07) is 13.9. The molecule has 0 saturated heterocycles. The maximum atomic E-state index is 12.7. The Hall–Kier alpha value is -5.68. The molecule has 6 rings (SSSR count). The van der Waals surface area contributed by atoms with E-state index in [4.69, 9.17) is 39.3 Å². The molecule has 4 heterocycles. The Balaban J connectivity index is 0.000000189. The zero-order valence-corrected chi connectivity index (χ0v) is 31.4. The minimum absolute atomic E-state index is 0.163. The summed E-state index contributed by atoms with van der Waals surface area (Å²) in [5, 5.41) is 11.6. The van der Waals surface area contributed by atoms with Gasteiger partial charge < -0.3 is 44.6 Å². The molecule has 0 unspecified atom stereocenters. The Morgan fingerprint density at radius 3 is 1.49 bits per heavy atom. The Bertz CT molecular complexity index is 2120. The third kappa shape index (κ3) is 8.92. The predicted molar refractivity (Wildman–Crippen MR) is 197 cm³/mol. The molecule has 6 aromatic rings. The van der Waals surface area contributed by atoms with E-state index in [1.807, 2.05) is 18.2 Å². The first-order valence-corrected chi connectivity index (χ1v) is 16.2. The van der Waals surface area contributed by atoms with Crippen LogP contribution in [0.4, 0.5) is 11.4 Å². The van der Waals surface area contributed by atoms with Crippen LogP contribution in [-0.4, -0.2) is 78.4 Å². The second kappa shape index (κ2) is 17.3. The van der Waals surface area contributed by atoms with Crippen LogP contribution in [0.15, 0.2) is 82.3 Å². The highest BCUT2D eigenvalue weighted by molar-refractivity contribution is 9.10. The van der Waals surface area contributed by atoms with Crippen molar-refractivity contribution in [1.29, 1.82) is 0 Å². The summed E-state index contributed by atoms with van der Waals surface area (Å²) in [7, 11) is 9.22. The molecule has 0 aliphatic carbocycles. The molecule has 0 atom stereocenters. The second-order valence-electron chi connectivity index (χ2n) is 10.1. The lowest BCUT2D eigenvalue weighted by Crippen LogP contribution is -2.14. The molecule has 0 radical (unpaired) electrons. The number of anilines is 2. The highest BCUT2D eigenvalue weighted by atomic mass is 79.9. The number of aromatic nitrogens is 4. The fraction of sp³-hybridized carbons (Fsp3) is 0.176. The molecule has 0 fully saturated rings. The van der Waals surface area contributed by atoms with Crippen molar-refractivity contribution in [1.82, 2.24) is 18.8 Å². The van der Waals surface area contributed by atoms with Gasteiger partial charge in [-0.2, -0.15) is 0 Å². The van der Waals surface area contributed by atoms with E-state index in [0.717, 1.165) is 8.95 Å².